The van der Waals surface area contributed by atoms with Crippen LogP contribution >= 0.6 is 12.2 Å². The molecule has 0 aromatic heterocycles. The van der Waals surface area contributed by atoms with E-state index in [1.165, 1.54) is 12.1 Å². The SMILES string of the molecule is CC1(C)OC(C=S)Nc2ccc(-c3cccc(F)c3)cc21. The maximum Gasteiger partial charge on any atom is 0.158 e. The zero-order valence-electron chi connectivity index (χ0n) is 11.9. The molecule has 1 N–H and O–H groups in total. The van der Waals surface area contributed by atoms with Gasteiger partial charge < -0.3 is 10.1 Å². The molecule has 2 nitrogen and oxygen atoms in total. The zero-order chi connectivity index (χ0) is 15.0. The van der Waals surface area contributed by atoms with Crippen LogP contribution in [0.3, 0.4) is 0 Å². The Morgan fingerprint density at radius 3 is 2.67 bits per heavy atom. The molecule has 0 spiro atoms. The summed E-state index contributed by atoms with van der Waals surface area (Å²) in [4.78, 5) is 0. The fraction of sp³-hybridized carbons (Fsp3) is 0.235. The van der Waals surface area contributed by atoms with Gasteiger partial charge in [-0.1, -0.05) is 30.4 Å². The Hall–Kier alpha value is -1.78. The lowest BCUT2D eigenvalue weighted by Gasteiger charge is -2.37. The largest absolute Gasteiger partial charge is 0.356 e. The average Bonchev–Trinajstić information content (AvgIpc) is 2.46. The Morgan fingerprint density at radius 2 is 1.95 bits per heavy atom. The van der Waals surface area contributed by atoms with Gasteiger partial charge in [0, 0.05) is 16.6 Å². The number of rotatable bonds is 2. The number of ether oxygens (including phenoxy) is 1. The number of thiocarbonyl (C=S) groups is 1. The standard InChI is InChI=1S/C17H16FNOS/c1-17(2)14-9-12(11-4-3-5-13(18)8-11)6-7-15(14)19-16(10-21)20-17/h3-10,16,19H,1-2H3. The van der Waals surface area contributed by atoms with Crippen molar-refractivity contribution in [1.82, 2.24) is 0 Å². The molecule has 0 saturated carbocycles. The van der Waals surface area contributed by atoms with Gasteiger partial charge in [0.2, 0.25) is 0 Å². The van der Waals surface area contributed by atoms with E-state index in [0.717, 1.165) is 22.4 Å². The van der Waals surface area contributed by atoms with Gasteiger partial charge in [0.1, 0.15) is 5.82 Å². The molecule has 0 radical (unpaired) electrons. The summed E-state index contributed by atoms with van der Waals surface area (Å²) < 4.78 is 19.3. The molecular weight excluding hydrogens is 285 g/mol. The Morgan fingerprint density at radius 1 is 1.19 bits per heavy atom. The summed E-state index contributed by atoms with van der Waals surface area (Å²) in [6.07, 6.45) is -0.275. The van der Waals surface area contributed by atoms with Crippen LogP contribution < -0.4 is 5.32 Å². The van der Waals surface area contributed by atoms with Crippen molar-refractivity contribution in [2.45, 2.75) is 25.7 Å². The lowest BCUT2D eigenvalue weighted by Crippen LogP contribution is -2.39. The molecule has 1 aliphatic heterocycles. The maximum atomic E-state index is 13.4. The third-order valence-corrected chi connectivity index (χ3v) is 3.92. The van der Waals surface area contributed by atoms with E-state index in [4.69, 9.17) is 17.0 Å². The average molecular weight is 301 g/mol. The molecule has 1 heterocycles. The normalized spacial score (nSPS) is 19.5. The highest BCUT2D eigenvalue weighted by Gasteiger charge is 2.32. The van der Waals surface area contributed by atoms with E-state index in [-0.39, 0.29) is 12.0 Å². The molecule has 4 heteroatoms. The second-order valence-electron chi connectivity index (χ2n) is 5.60. The number of nitrogens with one attached hydrogen (secondary N) is 1. The Kier molecular flexibility index (Phi) is 3.51. The number of hydrogen-bond acceptors (Lipinski definition) is 3. The van der Waals surface area contributed by atoms with Gasteiger partial charge in [-0.2, -0.15) is 0 Å². The Labute approximate surface area is 128 Å². The minimum atomic E-state index is -0.454. The first-order valence-electron chi connectivity index (χ1n) is 6.80. The summed E-state index contributed by atoms with van der Waals surface area (Å²) in [5, 5.41) is 4.81. The number of anilines is 1. The fourth-order valence-electron chi connectivity index (χ4n) is 2.64. The summed E-state index contributed by atoms with van der Waals surface area (Å²) in [6, 6.07) is 12.6. The van der Waals surface area contributed by atoms with Gasteiger partial charge in [-0.15, -0.1) is 0 Å². The Bertz CT molecular complexity index is 699. The van der Waals surface area contributed by atoms with Gasteiger partial charge >= 0.3 is 0 Å². The first-order chi connectivity index (χ1) is 9.99. The van der Waals surface area contributed by atoms with Crippen molar-refractivity contribution in [3.05, 3.63) is 53.8 Å². The Balaban J connectivity index is 2.07. The summed E-state index contributed by atoms with van der Waals surface area (Å²) in [6.45, 7) is 4.02. The van der Waals surface area contributed by atoms with Gasteiger partial charge in [0.15, 0.2) is 6.23 Å². The highest BCUT2D eigenvalue weighted by atomic mass is 32.1. The van der Waals surface area contributed by atoms with Crippen LogP contribution in [0.15, 0.2) is 42.5 Å². The van der Waals surface area contributed by atoms with E-state index in [1.807, 2.05) is 38.1 Å². The molecule has 1 aliphatic rings. The molecule has 2 aromatic carbocycles. The molecule has 2 aromatic rings. The van der Waals surface area contributed by atoms with Gasteiger partial charge in [-0.05, 0) is 49.2 Å². The minimum Gasteiger partial charge on any atom is -0.356 e. The summed E-state index contributed by atoms with van der Waals surface area (Å²) >= 11 is 4.97. The molecule has 0 saturated heterocycles. The van der Waals surface area contributed by atoms with Gasteiger partial charge in [0.05, 0.1) is 5.60 Å². The first kappa shape index (κ1) is 14.2. The quantitative estimate of drug-likeness (QED) is 0.825. The van der Waals surface area contributed by atoms with Crippen molar-refractivity contribution < 1.29 is 9.13 Å². The summed E-state index contributed by atoms with van der Waals surface area (Å²) in [7, 11) is 0. The topological polar surface area (TPSA) is 21.3 Å². The predicted octanol–water partition coefficient (Wildman–Crippen LogP) is 4.50. The van der Waals surface area contributed by atoms with Crippen LogP contribution in [0.1, 0.15) is 19.4 Å². The fourth-order valence-corrected chi connectivity index (χ4v) is 2.76. The third kappa shape index (κ3) is 2.69. The highest BCUT2D eigenvalue weighted by molar-refractivity contribution is 7.79. The molecule has 1 atom stereocenters. The second-order valence-corrected chi connectivity index (χ2v) is 5.87. The highest BCUT2D eigenvalue weighted by Crippen LogP contribution is 2.39. The smallest absolute Gasteiger partial charge is 0.158 e. The van der Waals surface area contributed by atoms with Crippen LogP contribution in [0.25, 0.3) is 11.1 Å². The molecule has 1 unspecified atom stereocenters. The molecule has 21 heavy (non-hydrogen) atoms. The van der Waals surface area contributed by atoms with Crippen LogP contribution in [0.4, 0.5) is 10.1 Å². The van der Waals surface area contributed by atoms with Gasteiger partial charge in [0.25, 0.3) is 0 Å². The van der Waals surface area contributed by atoms with Crippen LogP contribution in [0.2, 0.25) is 0 Å². The molecule has 0 aliphatic carbocycles. The van der Waals surface area contributed by atoms with E-state index < -0.39 is 5.60 Å². The van der Waals surface area contributed by atoms with Crippen molar-refractivity contribution in [3.63, 3.8) is 0 Å². The number of halogens is 1. The molecule has 0 fully saturated rings. The van der Waals surface area contributed by atoms with E-state index in [9.17, 15) is 4.39 Å². The maximum absolute atomic E-state index is 13.4. The van der Waals surface area contributed by atoms with Crippen molar-refractivity contribution >= 4 is 23.3 Å². The van der Waals surface area contributed by atoms with E-state index in [1.54, 1.807) is 11.4 Å². The third-order valence-electron chi connectivity index (χ3n) is 3.67. The van der Waals surface area contributed by atoms with Crippen molar-refractivity contribution in [2.75, 3.05) is 5.32 Å². The van der Waals surface area contributed by atoms with Crippen molar-refractivity contribution in [2.24, 2.45) is 0 Å². The van der Waals surface area contributed by atoms with E-state index >= 15 is 0 Å². The lowest BCUT2D eigenvalue weighted by molar-refractivity contribution is -0.0406. The first-order valence-corrected chi connectivity index (χ1v) is 7.27. The molecule has 3 rings (SSSR count). The molecule has 108 valence electrons. The monoisotopic (exact) mass is 301 g/mol. The number of benzene rings is 2. The summed E-state index contributed by atoms with van der Waals surface area (Å²) in [5.41, 5.74) is 3.40. The van der Waals surface area contributed by atoms with Crippen LogP contribution in [-0.2, 0) is 10.3 Å². The van der Waals surface area contributed by atoms with Crippen LogP contribution in [-0.4, -0.2) is 11.6 Å². The zero-order valence-corrected chi connectivity index (χ0v) is 12.7. The van der Waals surface area contributed by atoms with E-state index in [0.29, 0.717) is 0 Å². The molecular formula is C17H16FNOS. The van der Waals surface area contributed by atoms with Crippen LogP contribution in [0.5, 0.6) is 0 Å². The molecule has 0 bridgehead atoms. The minimum absolute atomic E-state index is 0.236. The van der Waals surface area contributed by atoms with Gasteiger partial charge in [-0.3, -0.25) is 0 Å². The van der Waals surface area contributed by atoms with Gasteiger partial charge in [-0.25, -0.2) is 4.39 Å². The second kappa shape index (κ2) is 5.20. The van der Waals surface area contributed by atoms with Crippen molar-refractivity contribution in [3.8, 4) is 11.1 Å². The number of fused-ring (bicyclic) bond motifs is 1. The molecule has 0 amide bonds. The predicted molar refractivity (Wildman–Crippen MR) is 87.0 cm³/mol. The van der Waals surface area contributed by atoms with E-state index in [2.05, 4.69) is 5.32 Å². The van der Waals surface area contributed by atoms with Crippen molar-refractivity contribution in [1.29, 1.82) is 0 Å². The number of hydrogen-bond donors (Lipinski definition) is 1. The summed E-state index contributed by atoms with van der Waals surface area (Å²) in [5.74, 6) is -0.236. The lowest BCUT2D eigenvalue weighted by atomic mass is 9.91. The van der Waals surface area contributed by atoms with Crippen LogP contribution in [0, 0.1) is 5.82 Å².